The molecule has 0 atom stereocenters. The van der Waals surface area contributed by atoms with Crippen molar-refractivity contribution in [2.45, 2.75) is 19.3 Å². The Kier molecular flexibility index (Phi) is 4.15. The van der Waals surface area contributed by atoms with Gasteiger partial charge in [-0.25, -0.2) is 9.97 Å². The van der Waals surface area contributed by atoms with Crippen molar-refractivity contribution in [2.24, 2.45) is 12.8 Å². The van der Waals surface area contributed by atoms with E-state index in [9.17, 15) is 9.59 Å². The second-order valence-electron chi connectivity index (χ2n) is 6.44. The van der Waals surface area contributed by atoms with Crippen LogP contribution in [0.2, 0.25) is 0 Å². The normalized spacial score (nSPS) is 12.2. The van der Waals surface area contributed by atoms with Crippen LogP contribution in [0.3, 0.4) is 0 Å². The van der Waals surface area contributed by atoms with Crippen LogP contribution in [-0.4, -0.2) is 31.6 Å². The molecule has 0 fully saturated rings. The minimum absolute atomic E-state index is 0.194. The molecule has 3 aromatic rings. The molecule has 8 nitrogen and oxygen atoms in total. The number of nitrogens with one attached hydrogen (secondary N) is 1. The lowest BCUT2D eigenvalue weighted by atomic mass is 9.93. The summed E-state index contributed by atoms with van der Waals surface area (Å²) in [5.74, 6) is -0.523. The van der Waals surface area contributed by atoms with Crippen molar-refractivity contribution < 1.29 is 9.59 Å². The Morgan fingerprint density at radius 2 is 2.00 bits per heavy atom. The van der Waals surface area contributed by atoms with E-state index in [2.05, 4.69) is 20.4 Å². The van der Waals surface area contributed by atoms with Gasteiger partial charge in [-0.05, 0) is 24.0 Å². The average molecular weight is 362 g/mol. The van der Waals surface area contributed by atoms with Crippen LogP contribution in [0.15, 0.2) is 36.5 Å². The zero-order chi connectivity index (χ0) is 19.0. The van der Waals surface area contributed by atoms with E-state index in [4.69, 9.17) is 5.73 Å². The minimum atomic E-state index is -0.555. The van der Waals surface area contributed by atoms with Crippen molar-refractivity contribution in [2.75, 3.05) is 5.32 Å². The third-order valence-electron chi connectivity index (χ3n) is 4.57. The first kappa shape index (κ1) is 16.9. The predicted molar refractivity (Wildman–Crippen MR) is 98.9 cm³/mol. The zero-order valence-electron chi connectivity index (χ0n) is 14.8. The van der Waals surface area contributed by atoms with Crippen LogP contribution in [0, 0.1) is 0 Å². The molecule has 0 radical (unpaired) electrons. The standard InChI is InChI=1S/C19H18N6O2/c1-25-17-13(16(24-25)18(20)27)8-7-12-10-21-19(23-15(12)17)22-14(26)9-11-5-3-2-4-6-11/h2-6,10H,7-9H2,1H3,(H2,20,27)(H,21,22,23,26). The summed E-state index contributed by atoms with van der Waals surface area (Å²) in [5, 5.41) is 6.97. The fourth-order valence-corrected chi connectivity index (χ4v) is 3.36. The highest BCUT2D eigenvalue weighted by Crippen LogP contribution is 2.33. The van der Waals surface area contributed by atoms with Gasteiger partial charge in [-0.2, -0.15) is 5.10 Å². The van der Waals surface area contributed by atoms with E-state index in [1.165, 1.54) is 0 Å². The van der Waals surface area contributed by atoms with Crippen LogP contribution in [0.1, 0.15) is 27.2 Å². The van der Waals surface area contributed by atoms with Crippen molar-refractivity contribution in [1.82, 2.24) is 19.7 Å². The van der Waals surface area contributed by atoms with Gasteiger partial charge in [-0.3, -0.25) is 19.6 Å². The summed E-state index contributed by atoms with van der Waals surface area (Å²) < 4.78 is 1.61. The van der Waals surface area contributed by atoms with E-state index < -0.39 is 5.91 Å². The number of fused-ring (bicyclic) bond motifs is 3. The molecule has 1 aromatic carbocycles. The van der Waals surface area contributed by atoms with E-state index in [1.807, 2.05) is 30.3 Å². The molecule has 1 aliphatic carbocycles. The summed E-state index contributed by atoms with van der Waals surface area (Å²) in [5.41, 5.74) is 9.76. The van der Waals surface area contributed by atoms with Crippen molar-refractivity contribution in [3.05, 3.63) is 58.9 Å². The molecule has 27 heavy (non-hydrogen) atoms. The maximum Gasteiger partial charge on any atom is 0.269 e. The van der Waals surface area contributed by atoms with E-state index >= 15 is 0 Å². The molecule has 136 valence electrons. The number of carbonyl (C=O) groups is 2. The molecule has 2 heterocycles. The van der Waals surface area contributed by atoms with Gasteiger partial charge in [0.25, 0.3) is 5.91 Å². The second kappa shape index (κ2) is 6.64. The first-order valence-electron chi connectivity index (χ1n) is 8.58. The Morgan fingerprint density at radius 3 is 2.74 bits per heavy atom. The van der Waals surface area contributed by atoms with E-state index in [-0.39, 0.29) is 24.0 Å². The fraction of sp³-hybridized carbons (Fsp3) is 0.211. The van der Waals surface area contributed by atoms with Gasteiger partial charge in [0.1, 0.15) is 0 Å². The van der Waals surface area contributed by atoms with Gasteiger partial charge >= 0.3 is 0 Å². The first-order chi connectivity index (χ1) is 13.0. The lowest BCUT2D eigenvalue weighted by molar-refractivity contribution is -0.115. The summed E-state index contributed by atoms with van der Waals surface area (Å²) >= 11 is 0. The number of hydrogen-bond donors (Lipinski definition) is 2. The van der Waals surface area contributed by atoms with Gasteiger partial charge in [0.2, 0.25) is 11.9 Å². The highest BCUT2D eigenvalue weighted by molar-refractivity contribution is 5.95. The molecule has 0 saturated heterocycles. The van der Waals surface area contributed by atoms with Crippen molar-refractivity contribution >= 4 is 17.8 Å². The Balaban J connectivity index is 1.63. The van der Waals surface area contributed by atoms with Gasteiger partial charge in [0, 0.05) is 18.8 Å². The topological polar surface area (TPSA) is 116 Å². The van der Waals surface area contributed by atoms with Crippen LogP contribution in [0.25, 0.3) is 11.4 Å². The number of primary amides is 1. The lowest BCUT2D eigenvalue weighted by Crippen LogP contribution is -2.18. The number of hydrogen-bond acceptors (Lipinski definition) is 5. The number of aromatic nitrogens is 4. The molecule has 2 amide bonds. The lowest BCUT2D eigenvalue weighted by Gasteiger charge is -2.17. The molecular formula is C19H18N6O2. The minimum Gasteiger partial charge on any atom is -0.364 e. The summed E-state index contributed by atoms with van der Waals surface area (Å²) in [7, 11) is 1.75. The maximum atomic E-state index is 12.3. The number of benzene rings is 1. The van der Waals surface area contributed by atoms with Gasteiger partial charge in [0.15, 0.2) is 5.69 Å². The monoisotopic (exact) mass is 362 g/mol. The van der Waals surface area contributed by atoms with E-state index in [0.717, 1.165) is 22.4 Å². The third kappa shape index (κ3) is 3.17. The molecule has 0 saturated carbocycles. The molecular weight excluding hydrogens is 344 g/mol. The number of amides is 2. The van der Waals surface area contributed by atoms with Crippen LogP contribution in [0.4, 0.5) is 5.95 Å². The van der Waals surface area contributed by atoms with Crippen LogP contribution in [0.5, 0.6) is 0 Å². The molecule has 3 N–H and O–H groups in total. The third-order valence-corrected chi connectivity index (χ3v) is 4.57. The molecule has 2 aromatic heterocycles. The smallest absolute Gasteiger partial charge is 0.269 e. The van der Waals surface area contributed by atoms with Crippen molar-refractivity contribution in [1.29, 1.82) is 0 Å². The van der Waals surface area contributed by atoms with Gasteiger partial charge in [0.05, 0.1) is 17.8 Å². The number of carbonyl (C=O) groups excluding carboxylic acids is 2. The van der Waals surface area contributed by atoms with Crippen LogP contribution >= 0.6 is 0 Å². The fourth-order valence-electron chi connectivity index (χ4n) is 3.36. The number of anilines is 1. The molecule has 0 spiro atoms. The number of nitrogens with two attached hydrogens (primary N) is 1. The van der Waals surface area contributed by atoms with Gasteiger partial charge in [-0.1, -0.05) is 30.3 Å². The number of aryl methyl sites for hydroxylation is 2. The Morgan fingerprint density at radius 1 is 1.22 bits per heavy atom. The SMILES string of the molecule is Cn1nc(C(N)=O)c2c1-c1nc(NC(=O)Cc3ccccc3)ncc1CC2. The summed E-state index contributed by atoms with van der Waals surface area (Å²) in [6.45, 7) is 0. The number of rotatable bonds is 4. The van der Waals surface area contributed by atoms with Gasteiger partial charge in [-0.15, -0.1) is 0 Å². The Labute approximate surface area is 155 Å². The van der Waals surface area contributed by atoms with E-state index in [0.29, 0.717) is 18.5 Å². The molecule has 1 aliphatic rings. The predicted octanol–water partition coefficient (Wildman–Crippen LogP) is 1.26. The largest absolute Gasteiger partial charge is 0.364 e. The number of nitrogens with zero attached hydrogens (tertiary/aromatic N) is 4. The van der Waals surface area contributed by atoms with Crippen LogP contribution in [-0.2, 0) is 31.1 Å². The Bertz CT molecular complexity index is 1040. The molecule has 0 aliphatic heterocycles. The highest BCUT2D eigenvalue weighted by Gasteiger charge is 2.28. The molecule has 4 rings (SSSR count). The molecule has 0 unspecified atom stereocenters. The molecule has 8 heteroatoms. The quantitative estimate of drug-likeness (QED) is 0.725. The second-order valence-corrected chi connectivity index (χ2v) is 6.44. The summed E-state index contributed by atoms with van der Waals surface area (Å²) in [6.07, 6.45) is 3.29. The van der Waals surface area contributed by atoms with Gasteiger partial charge < -0.3 is 5.73 Å². The average Bonchev–Trinajstić information content (AvgIpc) is 3.00. The Hall–Kier alpha value is -3.55. The molecule has 0 bridgehead atoms. The zero-order valence-corrected chi connectivity index (χ0v) is 14.8. The summed E-state index contributed by atoms with van der Waals surface area (Å²) in [6, 6.07) is 9.46. The highest BCUT2D eigenvalue weighted by atomic mass is 16.2. The first-order valence-corrected chi connectivity index (χ1v) is 8.58. The maximum absolute atomic E-state index is 12.3. The van der Waals surface area contributed by atoms with Crippen molar-refractivity contribution in [3.8, 4) is 11.4 Å². The summed E-state index contributed by atoms with van der Waals surface area (Å²) in [4.78, 5) is 32.7. The van der Waals surface area contributed by atoms with E-state index in [1.54, 1.807) is 17.9 Å². The van der Waals surface area contributed by atoms with Crippen molar-refractivity contribution in [3.63, 3.8) is 0 Å². The van der Waals surface area contributed by atoms with Crippen LogP contribution < -0.4 is 11.1 Å².